The fraction of sp³-hybridized carbons (Fsp3) is 0.414. The lowest BCUT2D eigenvalue weighted by Crippen LogP contribution is -2.36. The number of ether oxygens (including phenoxy) is 1. The number of nitrogens with zero attached hydrogens (tertiary/aromatic N) is 3. The highest BCUT2D eigenvalue weighted by Gasteiger charge is 2.35. The normalized spacial score (nSPS) is 19.8. The number of amides is 1. The van der Waals surface area contributed by atoms with Gasteiger partial charge in [-0.2, -0.15) is 0 Å². The molecule has 3 N–H and O–H groups in total. The third kappa shape index (κ3) is 5.13. The molecule has 0 bridgehead atoms. The van der Waals surface area contributed by atoms with Crippen molar-refractivity contribution in [2.24, 2.45) is 0 Å². The highest BCUT2D eigenvalue weighted by Crippen LogP contribution is 2.37. The largest absolute Gasteiger partial charge is 0.444 e. The van der Waals surface area contributed by atoms with E-state index >= 15 is 0 Å². The SMILES string of the molecule is CC(C)(C)OC(=O)N1CCC[C@H]1c1ncc(-c2ccc(-c3ccc(-c4cnc([C@@H]5CCCN5)[nH]4)cc3)s2)[nH]1. The maximum Gasteiger partial charge on any atom is 0.410 e. The van der Waals surface area contributed by atoms with E-state index in [1.807, 2.05) is 33.2 Å². The monoisotopic (exact) mass is 530 g/mol. The molecule has 2 atom stereocenters. The van der Waals surface area contributed by atoms with Crippen LogP contribution in [0.4, 0.5) is 4.79 Å². The summed E-state index contributed by atoms with van der Waals surface area (Å²) in [6.45, 7) is 7.43. The van der Waals surface area contributed by atoms with Crippen LogP contribution in [0.2, 0.25) is 0 Å². The Morgan fingerprint density at radius 1 is 0.921 bits per heavy atom. The molecule has 4 aromatic rings. The van der Waals surface area contributed by atoms with Gasteiger partial charge in [-0.3, -0.25) is 4.90 Å². The quantitative estimate of drug-likeness (QED) is 0.267. The molecule has 5 heterocycles. The number of hydrogen-bond donors (Lipinski definition) is 3. The lowest BCUT2D eigenvalue weighted by Gasteiger charge is -2.27. The van der Waals surface area contributed by atoms with E-state index in [9.17, 15) is 4.79 Å². The van der Waals surface area contributed by atoms with Crippen LogP contribution in [0.1, 0.15) is 70.2 Å². The first-order valence-electron chi connectivity index (χ1n) is 13.4. The third-order valence-corrected chi connectivity index (χ3v) is 8.30. The molecular formula is C29H34N6O2S. The lowest BCUT2D eigenvalue weighted by molar-refractivity contribution is 0.0218. The van der Waals surface area contributed by atoms with E-state index in [-0.39, 0.29) is 12.1 Å². The van der Waals surface area contributed by atoms with Gasteiger partial charge in [0.25, 0.3) is 0 Å². The van der Waals surface area contributed by atoms with Crippen LogP contribution in [0.5, 0.6) is 0 Å². The highest BCUT2D eigenvalue weighted by molar-refractivity contribution is 7.18. The zero-order valence-corrected chi connectivity index (χ0v) is 22.9. The minimum Gasteiger partial charge on any atom is -0.444 e. The minimum atomic E-state index is -0.516. The molecule has 2 aliphatic heterocycles. The summed E-state index contributed by atoms with van der Waals surface area (Å²) in [5, 5.41) is 3.49. The van der Waals surface area contributed by atoms with E-state index < -0.39 is 5.60 Å². The molecule has 1 aromatic carbocycles. The molecule has 0 aliphatic carbocycles. The number of aromatic nitrogens is 4. The molecule has 9 heteroatoms. The Kier molecular flexibility index (Phi) is 6.57. The molecule has 198 valence electrons. The standard InChI is InChI=1S/C29H34N6O2S/c1-29(2,3)37-28(36)35-15-5-7-23(35)27-32-17-22(34-27)25-13-12-24(38-25)19-10-8-18(9-11-19)21-16-31-26(33-21)20-6-4-14-30-20/h8-13,16-17,20,23,30H,4-7,14-15H2,1-3H3,(H,31,33)(H,32,34)/t20-,23-/m0/s1. The second kappa shape index (κ2) is 10.0. The predicted octanol–water partition coefficient (Wildman–Crippen LogP) is 6.69. The number of likely N-dealkylation sites (tertiary alicyclic amines) is 1. The van der Waals surface area contributed by atoms with Crippen molar-refractivity contribution in [2.75, 3.05) is 13.1 Å². The summed E-state index contributed by atoms with van der Waals surface area (Å²) in [4.78, 5) is 33.0. The molecule has 0 saturated carbocycles. The van der Waals surface area contributed by atoms with Crippen molar-refractivity contribution in [2.45, 2.75) is 64.1 Å². The Labute approximate surface area is 226 Å². The lowest BCUT2D eigenvalue weighted by atomic mass is 10.1. The Hall–Kier alpha value is -3.43. The van der Waals surface area contributed by atoms with Crippen molar-refractivity contribution in [1.82, 2.24) is 30.2 Å². The third-order valence-electron chi connectivity index (χ3n) is 7.13. The van der Waals surface area contributed by atoms with Crippen molar-refractivity contribution in [3.8, 4) is 32.3 Å². The molecule has 3 aromatic heterocycles. The summed E-state index contributed by atoms with van der Waals surface area (Å²) in [7, 11) is 0. The van der Waals surface area contributed by atoms with E-state index in [2.05, 4.69) is 61.7 Å². The number of thiophene rings is 1. The molecule has 38 heavy (non-hydrogen) atoms. The van der Waals surface area contributed by atoms with Gasteiger partial charge in [-0.05, 0) is 76.3 Å². The number of hydrogen-bond acceptors (Lipinski definition) is 6. The Morgan fingerprint density at radius 3 is 2.39 bits per heavy atom. The predicted molar refractivity (Wildman–Crippen MR) is 150 cm³/mol. The summed E-state index contributed by atoms with van der Waals surface area (Å²) in [5.74, 6) is 1.84. The van der Waals surface area contributed by atoms with Crippen LogP contribution in [0.3, 0.4) is 0 Å². The van der Waals surface area contributed by atoms with Crippen LogP contribution in [0, 0.1) is 0 Å². The van der Waals surface area contributed by atoms with E-state index in [1.54, 1.807) is 16.2 Å². The Morgan fingerprint density at radius 2 is 1.63 bits per heavy atom. The first-order valence-corrected chi connectivity index (χ1v) is 14.2. The fourth-order valence-corrected chi connectivity index (χ4v) is 6.23. The number of nitrogens with one attached hydrogen (secondary N) is 3. The molecule has 0 unspecified atom stereocenters. The molecule has 0 spiro atoms. The van der Waals surface area contributed by atoms with Crippen molar-refractivity contribution < 1.29 is 9.53 Å². The second-order valence-electron chi connectivity index (χ2n) is 11.1. The maximum atomic E-state index is 12.7. The summed E-state index contributed by atoms with van der Waals surface area (Å²) in [5.41, 5.74) is 3.80. The van der Waals surface area contributed by atoms with E-state index in [4.69, 9.17) is 4.74 Å². The van der Waals surface area contributed by atoms with Gasteiger partial charge in [0.15, 0.2) is 0 Å². The number of H-pyrrole nitrogens is 2. The van der Waals surface area contributed by atoms with Crippen LogP contribution in [0.25, 0.3) is 32.3 Å². The Balaban J connectivity index is 1.15. The van der Waals surface area contributed by atoms with Crippen molar-refractivity contribution in [3.05, 3.63) is 60.4 Å². The number of rotatable bonds is 5. The topological polar surface area (TPSA) is 98.9 Å². The molecule has 1 amide bonds. The Bertz CT molecular complexity index is 1410. The molecule has 2 saturated heterocycles. The summed E-state index contributed by atoms with van der Waals surface area (Å²) >= 11 is 1.73. The number of imidazole rings is 2. The maximum absolute atomic E-state index is 12.7. The zero-order valence-electron chi connectivity index (χ0n) is 22.1. The summed E-state index contributed by atoms with van der Waals surface area (Å²) < 4.78 is 5.62. The number of aromatic amines is 2. The summed E-state index contributed by atoms with van der Waals surface area (Å²) in [6, 6.07) is 13.1. The smallest absolute Gasteiger partial charge is 0.410 e. The molecule has 6 rings (SSSR count). The zero-order chi connectivity index (χ0) is 26.3. The van der Waals surface area contributed by atoms with Crippen molar-refractivity contribution in [1.29, 1.82) is 0 Å². The number of carbonyl (C=O) groups excluding carboxylic acids is 1. The molecule has 0 radical (unpaired) electrons. The number of carbonyl (C=O) groups is 1. The van der Waals surface area contributed by atoms with Crippen LogP contribution >= 0.6 is 11.3 Å². The fourth-order valence-electron chi connectivity index (χ4n) is 5.25. The van der Waals surface area contributed by atoms with Gasteiger partial charge in [-0.1, -0.05) is 24.3 Å². The molecule has 2 aliphatic rings. The average molecular weight is 531 g/mol. The van der Waals surface area contributed by atoms with Gasteiger partial charge in [-0.15, -0.1) is 11.3 Å². The molecular weight excluding hydrogens is 496 g/mol. The summed E-state index contributed by atoms with van der Waals surface area (Å²) in [6.07, 6.45) is 7.67. The van der Waals surface area contributed by atoms with Crippen molar-refractivity contribution in [3.63, 3.8) is 0 Å². The van der Waals surface area contributed by atoms with Gasteiger partial charge in [-0.25, -0.2) is 14.8 Å². The van der Waals surface area contributed by atoms with Gasteiger partial charge in [0.2, 0.25) is 0 Å². The van der Waals surface area contributed by atoms with E-state index in [0.717, 1.165) is 59.3 Å². The van der Waals surface area contributed by atoms with Gasteiger partial charge in [0, 0.05) is 11.4 Å². The number of benzene rings is 1. The van der Waals surface area contributed by atoms with Gasteiger partial charge in [0.1, 0.15) is 17.2 Å². The minimum absolute atomic E-state index is 0.0852. The highest BCUT2D eigenvalue weighted by atomic mass is 32.1. The van der Waals surface area contributed by atoms with Gasteiger partial charge >= 0.3 is 6.09 Å². The van der Waals surface area contributed by atoms with Crippen LogP contribution in [-0.2, 0) is 4.74 Å². The van der Waals surface area contributed by atoms with Crippen LogP contribution in [0.15, 0.2) is 48.8 Å². The van der Waals surface area contributed by atoms with Crippen molar-refractivity contribution >= 4 is 17.4 Å². The first-order chi connectivity index (χ1) is 18.3. The first kappa shape index (κ1) is 24.9. The van der Waals surface area contributed by atoms with Gasteiger partial charge < -0.3 is 20.0 Å². The average Bonchev–Trinajstić information content (AvgIpc) is 3.73. The van der Waals surface area contributed by atoms with Gasteiger partial charge in [0.05, 0.1) is 40.7 Å². The van der Waals surface area contributed by atoms with E-state index in [1.165, 1.54) is 16.9 Å². The van der Waals surface area contributed by atoms with Crippen LogP contribution < -0.4 is 5.32 Å². The molecule has 2 fully saturated rings. The van der Waals surface area contributed by atoms with Crippen LogP contribution in [-0.4, -0.2) is 49.6 Å². The van der Waals surface area contributed by atoms with E-state index in [0.29, 0.717) is 12.6 Å². The molecule has 8 nitrogen and oxygen atoms in total. The second-order valence-corrected chi connectivity index (χ2v) is 12.2.